The third kappa shape index (κ3) is 4.58. The summed E-state index contributed by atoms with van der Waals surface area (Å²) in [5.41, 5.74) is 1.85. The van der Waals surface area contributed by atoms with Crippen molar-refractivity contribution in [2.75, 3.05) is 0 Å². The molecule has 5 heteroatoms. The first-order chi connectivity index (χ1) is 9.54. The average molecular weight is 285 g/mol. The quantitative estimate of drug-likeness (QED) is 0.625. The van der Waals surface area contributed by atoms with Crippen LogP contribution in [-0.4, -0.2) is 24.5 Å². The first kappa shape index (κ1) is 14.4. The fourth-order valence-electron chi connectivity index (χ4n) is 1.68. The minimum atomic E-state index is -1.61. The van der Waals surface area contributed by atoms with Gasteiger partial charge in [-0.1, -0.05) is 18.2 Å². The molecule has 1 aromatic carbocycles. The Bertz CT molecular complexity index is 579. The summed E-state index contributed by atoms with van der Waals surface area (Å²) in [7, 11) is -1.61. The van der Waals surface area contributed by atoms with E-state index >= 15 is 0 Å². The molecule has 0 unspecified atom stereocenters. The third-order valence-electron chi connectivity index (χ3n) is 2.46. The van der Waals surface area contributed by atoms with Gasteiger partial charge in [-0.15, -0.1) is 0 Å². The maximum absolute atomic E-state index is 6.07. The van der Waals surface area contributed by atoms with Crippen LogP contribution in [0, 0.1) is 0 Å². The maximum atomic E-state index is 6.07. The van der Waals surface area contributed by atoms with Crippen LogP contribution >= 0.6 is 0 Å². The highest BCUT2D eigenvalue weighted by Gasteiger charge is 2.17. The summed E-state index contributed by atoms with van der Waals surface area (Å²) in [5.74, 6) is 0.933. The zero-order valence-corrected chi connectivity index (χ0v) is 13.1. The molecule has 0 aliphatic heterocycles. The molecule has 2 rings (SSSR count). The Morgan fingerprint density at radius 1 is 1.20 bits per heavy atom. The number of rotatable bonds is 5. The molecule has 0 saturated carbocycles. The molecule has 2 aromatic rings. The molecule has 0 aliphatic rings. The van der Waals surface area contributed by atoms with Gasteiger partial charge in [0.15, 0.2) is 0 Å². The SMILES string of the molecule is C[Si](C)(C)Oc1ccccc1C/N=C\c1cnccn1. The number of aromatic nitrogens is 2. The molecule has 0 aliphatic carbocycles. The van der Waals surface area contributed by atoms with Crippen LogP contribution in [0.25, 0.3) is 0 Å². The van der Waals surface area contributed by atoms with Crippen molar-refractivity contribution in [1.82, 2.24) is 9.97 Å². The Morgan fingerprint density at radius 3 is 2.70 bits per heavy atom. The second-order valence-corrected chi connectivity index (χ2v) is 9.85. The van der Waals surface area contributed by atoms with E-state index in [0.29, 0.717) is 6.54 Å². The van der Waals surface area contributed by atoms with Crippen molar-refractivity contribution in [2.45, 2.75) is 26.2 Å². The number of hydrogen-bond donors (Lipinski definition) is 0. The van der Waals surface area contributed by atoms with Gasteiger partial charge in [-0.3, -0.25) is 15.0 Å². The normalized spacial score (nSPS) is 11.8. The van der Waals surface area contributed by atoms with Crippen LogP contribution in [0.4, 0.5) is 0 Å². The van der Waals surface area contributed by atoms with Gasteiger partial charge in [-0.2, -0.15) is 0 Å². The average Bonchev–Trinajstić information content (AvgIpc) is 2.40. The molecular weight excluding hydrogens is 266 g/mol. The zero-order valence-electron chi connectivity index (χ0n) is 12.1. The van der Waals surface area contributed by atoms with Crippen LogP contribution in [0.2, 0.25) is 19.6 Å². The van der Waals surface area contributed by atoms with E-state index in [1.165, 1.54) is 0 Å². The van der Waals surface area contributed by atoms with Gasteiger partial charge in [-0.05, 0) is 25.7 Å². The van der Waals surface area contributed by atoms with Crippen molar-refractivity contribution >= 4 is 14.5 Å². The van der Waals surface area contributed by atoms with Crippen molar-refractivity contribution in [3.05, 3.63) is 54.1 Å². The maximum Gasteiger partial charge on any atom is 0.242 e. The van der Waals surface area contributed by atoms with Crippen LogP contribution in [0.1, 0.15) is 11.3 Å². The highest BCUT2D eigenvalue weighted by molar-refractivity contribution is 6.70. The molecule has 0 atom stereocenters. The highest BCUT2D eigenvalue weighted by atomic mass is 28.4. The van der Waals surface area contributed by atoms with Gasteiger partial charge in [0.05, 0.1) is 18.4 Å². The fraction of sp³-hybridized carbons (Fsp3) is 0.267. The molecular formula is C15H19N3OSi. The summed E-state index contributed by atoms with van der Waals surface area (Å²) in [6.07, 6.45) is 6.73. The lowest BCUT2D eigenvalue weighted by molar-refractivity contribution is 0.549. The zero-order chi connectivity index (χ0) is 14.4. The largest absolute Gasteiger partial charge is 0.544 e. The van der Waals surface area contributed by atoms with E-state index in [1.807, 2.05) is 24.3 Å². The van der Waals surface area contributed by atoms with Crippen molar-refractivity contribution in [1.29, 1.82) is 0 Å². The number of hydrogen-bond acceptors (Lipinski definition) is 4. The van der Waals surface area contributed by atoms with Crippen LogP contribution < -0.4 is 4.43 Å². The second kappa shape index (κ2) is 6.43. The minimum Gasteiger partial charge on any atom is -0.544 e. The molecule has 1 heterocycles. The topological polar surface area (TPSA) is 47.4 Å². The summed E-state index contributed by atoms with van der Waals surface area (Å²) in [6.45, 7) is 7.10. The Kier molecular flexibility index (Phi) is 4.63. The number of benzene rings is 1. The first-order valence-corrected chi connectivity index (χ1v) is 9.98. The Hall–Kier alpha value is -2.01. The van der Waals surface area contributed by atoms with Crippen molar-refractivity contribution < 1.29 is 4.43 Å². The molecule has 0 saturated heterocycles. The van der Waals surface area contributed by atoms with E-state index < -0.39 is 8.32 Å². The highest BCUT2D eigenvalue weighted by Crippen LogP contribution is 2.22. The van der Waals surface area contributed by atoms with E-state index in [4.69, 9.17) is 4.43 Å². The van der Waals surface area contributed by atoms with E-state index in [1.54, 1.807) is 24.8 Å². The molecule has 0 N–H and O–H groups in total. The van der Waals surface area contributed by atoms with Gasteiger partial charge in [0, 0.05) is 24.2 Å². The van der Waals surface area contributed by atoms with Crippen LogP contribution in [0.15, 0.2) is 47.8 Å². The van der Waals surface area contributed by atoms with E-state index in [2.05, 4.69) is 34.6 Å². The van der Waals surface area contributed by atoms with E-state index in [9.17, 15) is 0 Å². The second-order valence-electron chi connectivity index (χ2n) is 5.42. The molecule has 0 fully saturated rings. The molecule has 20 heavy (non-hydrogen) atoms. The summed E-state index contributed by atoms with van der Waals surface area (Å²) < 4.78 is 6.07. The summed E-state index contributed by atoms with van der Waals surface area (Å²) in [5, 5.41) is 0. The van der Waals surface area contributed by atoms with Gasteiger partial charge in [0.1, 0.15) is 5.75 Å². The molecule has 0 radical (unpaired) electrons. The molecule has 4 nitrogen and oxygen atoms in total. The van der Waals surface area contributed by atoms with Gasteiger partial charge >= 0.3 is 0 Å². The van der Waals surface area contributed by atoms with Gasteiger partial charge in [0.2, 0.25) is 8.32 Å². The molecule has 1 aromatic heterocycles. The minimum absolute atomic E-state index is 0.581. The third-order valence-corrected chi connectivity index (χ3v) is 3.29. The van der Waals surface area contributed by atoms with Gasteiger partial charge in [-0.25, -0.2) is 0 Å². The number of nitrogens with zero attached hydrogens (tertiary/aromatic N) is 3. The molecule has 104 valence electrons. The van der Waals surface area contributed by atoms with Crippen molar-refractivity contribution in [2.24, 2.45) is 4.99 Å². The van der Waals surface area contributed by atoms with Crippen molar-refractivity contribution in [3.63, 3.8) is 0 Å². The number of aliphatic imine (C=N–C) groups is 1. The lowest BCUT2D eigenvalue weighted by Crippen LogP contribution is -2.29. The molecule has 0 bridgehead atoms. The lowest BCUT2D eigenvalue weighted by atomic mass is 10.2. The lowest BCUT2D eigenvalue weighted by Gasteiger charge is -2.21. The first-order valence-electron chi connectivity index (χ1n) is 6.57. The predicted molar refractivity (Wildman–Crippen MR) is 83.7 cm³/mol. The predicted octanol–water partition coefficient (Wildman–Crippen LogP) is 3.31. The Labute approximate surface area is 120 Å². The molecule has 0 spiro atoms. The standard InChI is InChI=1S/C15H19N3OSi/c1-20(2,3)19-15-7-5-4-6-13(15)10-17-12-14-11-16-8-9-18-14/h4-9,11-12H,10H2,1-3H3/b17-12-. The monoisotopic (exact) mass is 285 g/mol. The van der Waals surface area contributed by atoms with Gasteiger partial charge < -0.3 is 4.43 Å². The summed E-state index contributed by atoms with van der Waals surface area (Å²) in [4.78, 5) is 12.6. The van der Waals surface area contributed by atoms with E-state index in [0.717, 1.165) is 17.0 Å². The summed E-state index contributed by atoms with van der Waals surface area (Å²) >= 11 is 0. The smallest absolute Gasteiger partial charge is 0.242 e. The van der Waals surface area contributed by atoms with Crippen LogP contribution in [0.3, 0.4) is 0 Å². The summed E-state index contributed by atoms with van der Waals surface area (Å²) in [6, 6.07) is 8.05. The van der Waals surface area contributed by atoms with Crippen molar-refractivity contribution in [3.8, 4) is 5.75 Å². The Balaban J connectivity index is 2.08. The van der Waals surface area contributed by atoms with Gasteiger partial charge in [0.25, 0.3) is 0 Å². The van der Waals surface area contributed by atoms with Crippen LogP contribution in [-0.2, 0) is 6.54 Å². The molecule has 0 amide bonds. The van der Waals surface area contributed by atoms with E-state index in [-0.39, 0.29) is 0 Å². The fourth-order valence-corrected chi connectivity index (χ4v) is 2.54. The Morgan fingerprint density at radius 2 is 2.00 bits per heavy atom. The van der Waals surface area contributed by atoms with Crippen LogP contribution in [0.5, 0.6) is 5.75 Å². The number of para-hydroxylation sites is 1.